The average molecular weight is 331 g/mol. The third-order valence-electron chi connectivity index (χ3n) is 3.94. The van der Waals surface area contributed by atoms with Gasteiger partial charge >= 0.3 is 0 Å². The number of amides is 1. The average Bonchev–Trinajstić information content (AvgIpc) is 3.01. The smallest absolute Gasteiger partial charge is 0.252 e. The molecule has 1 aliphatic heterocycles. The molecule has 0 bridgehead atoms. The van der Waals surface area contributed by atoms with Crippen molar-refractivity contribution in [3.05, 3.63) is 42.0 Å². The van der Waals surface area contributed by atoms with Crippen molar-refractivity contribution >= 4 is 5.91 Å². The standard InChI is InChI=1S/C17H21N3O4/c1-12-16(17-18-13(2)19-24-17)20(9-11-22-12)15(21)8-10-23-14-6-4-3-5-7-14/h3-7,12,16H,8-11H2,1-2H3/t12-,16+/m1/s1. The minimum Gasteiger partial charge on any atom is -0.493 e. The molecule has 128 valence electrons. The zero-order valence-corrected chi connectivity index (χ0v) is 13.8. The number of benzene rings is 1. The fourth-order valence-corrected chi connectivity index (χ4v) is 2.78. The lowest BCUT2D eigenvalue weighted by molar-refractivity contribution is -0.148. The Balaban J connectivity index is 1.63. The number of morpholine rings is 1. The highest BCUT2D eigenvalue weighted by atomic mass is 16.5. The molecule has 0 unspecified atom stereocenters. The van der Waals surface area contributed by atoms with E-state index >= 15 is 0 Å². The highest BCUT2D eigenvalue weighted by molar-refractivity contribution is 5.77. The van der Waals surface area contributed by atoms with Gasteiger partial charge in [0.25, 0.3) is 5.89 Å². The number of aromatic nitrogens is 2. The summed E-state index contributed by atoms with van der Waals surface area (Å²) >= 11 is 0. The second kappa shape index (κ2) is 7.44. The molecule has 0 saturated carbocycles. The molecule has 2 aromatic rings. The quantitative estimate of drug-likeness (QED) is 0.835. The van der Waals surface area contributed by atoms with Crippen molar-refractivity contribution in [2.45, 2.75) is 32.4 Å². The largest absolute Gasteiger partial charge is 0.493 e. The van der Waals surface area contributed by atoms with Gasteiger partial charge in [-0.05, 0) is 26.0 Å². The summed E-state index contributed by atoms with van der Waals surface area (Å²) in [7, 11) is 0. The predicted octanol–water partition coefficient (Wildman–Crippen LogP) is 2.14. The summed E-state index contributed by atoms with van der Waals surface area (Å²) in [5.41, 5.74) is 0. The molecule has 7 heteroatoms. The van der Waals surface area contributed by atoms with E-state index in [1.807, 2.05) is 37.3 Å². The maximum absolute atomic E-state index is 12.6. The summed E-state index contributed by atoms with van der Waals surface area (Å²) in [6, 6.07) is 9.09. The Morgan fingerprint density at radius 2 is 2.17 bits per heavy atom. The lowest BCUT2D eigenvalue weighted by atomic mass is 10.1. The van der Waals surface area contributed by atoms with Gasteiger partial charge in [-0.25, -0.2) is 0 Å². The third kappa shape index (κ3) is 3.73. The molecular formula is C17H21N3O4. The second-order valence-electron chi connectivity index (χ2n) is 5.70. The van der Waals surface area contributed by atoms with Crippen molar-refractivity contribution in [3.8, 4) is 5.75 Å². The van der Waals surface area contributed by atoms with Crippen LogP contribution in [0.5, 0.6) is 5.75 Å². The van der Waals surface area contributed by atoms with Crippen LogP contribution in [0.15, 0.2) is 34.9 Å². The SMILES string of the molecule is Cc1noc([C@@H]2[C@@H](C)OCCN2C(=O)CCOc2ccccc2)n1. The molecule has 1 aliphatic rings. The molecule has 1 saturated heterocycles. The molecule has 0 radical (unpaired) electrons. The number of carbonyl (C=O) groups excluding carboxylic acids is 1. The molecule has 0 spiro atoms. The van der Waals surface area contributed by atoms with Gasteiger partial charge in [0.05, 0.1) is 25.7 Å². The zero-order chi connectivity index (χ0) is 16.9. The van der Waals surface area contributed by atoms with Crippen molar-refractivity contribution < 1.29 is 18.8 Å². The first-order chi connectivity index (χ1) is 11.6. The molecule has 3 rings (SSSR count). The number of ether oxygens (including phenoxy) is 2. The Bertz CT molecular complexity index is 673. The van der Waals surface area contributed by atoms with E-state index in [0.29, 0.717) is 31.5 Å². The topological polar surface area (TPSA) is 77.7 Å². The Hall–Kier alpha value is -2.41. The van der Waals surface area contributed by atoms with Gasteiger partial charge in [0, 0.05) is 6.54 Å². The van der Waals surface area contributed by atoms with Crippen molar-refractivity contribution in [1.29, 1.82) is 0 Å². The minimum absolute atomic E-state index is 0.0121. The third-order valence-corrected chi connectivity index (χ3v) is 3.94. The second-order valence-corrected chi connectivity index (χ2v) is 5.70. The fraction of sp³-hybridized carbons (Fsp3) is 0.471. The van der Waals surface area contributed by atoms with Crippen LogP contribution >= 0.6 is 0 Å². The van der Waals surface area contributed by atoms with E-state index in [0.717, 1.165) is 5.75 Å². The van der Waals surface area contributed by atoms with Crippen LogP contribution in [0.4, 0.5) is 0 Å². The maximum Gasteiger partial charge on any atom is 0.252 e. The number of hydrogen-bond acceptors (Lipinski definition) is 6. The van der Waals surface area contributed by atoms with Gasteiger partial charge in [-0.15, -0.1) is 0 Å². The molecule has 1 aromatic heterocycles. The van der Waals surface area contributed by atoms with Gasteiger partial charge < -0.3 is 18.9 Å². The van der Waals surface area contributed by atoms with Gasteiger partial charge in [0.2, 0.25) is 5.91 Å². The van der Waals surface area contributed by atoms with E-state index in [2.05, 4.69) is 10.1 Å². The van der Waals surface area contributed by atoms with Crippen molar-refractivity contribution in [2.24, 2.45) is 0 Å². The molecule has 1 amide bonds. The molecule has 24 heavy (non-hydrogen) atoms. The lowest BCUT2D eigenvalue weighted by Crippen LogP contribution is -2.47. The summed E-state index contributed by atoms with van der Waals surface area (Å²) in [5, 5.41) is 3.82. The van der Waals surface area contributed by atoms with E-state index in [-0.39, 0.29) is 24.5 Å². The number of nitrogens with zero attached hydrogens (tertiary/aromatic N) is 3. The van der Waals surface area contributed by atoms with E-state index in [1.165, 1.54) is 0 Å². The van der Waals surface area contributed by atoms with E-state index in [1.54, 1.807) is 11.8 Å². The van der Waals surface area contributed by atoms with Crippen LogP contribution < -0.4 is 4.74 Å². The molecule has 1 aromatic carbocycles. The number of aryl methyl sites for hydroxylation is 1. The van der Waals surface area contributed by atoms with Gasteiger partial charge in [-0.1, -0.05) is 23.4 Å². The maximum atomic E-state index is 12.6. The zero-order valence-electron chi connectivity index (χ0n) is 13.8. The van der Waals surface area contributed by atoms with Crippen molar-refractivity contribution in [1.82, 2.24) is 15.0 Å². The summed E-state index contributed by atoms with van der Waals surface area (Å²) in [6.07, 6.45) is 0.0863. The summed E-state index contributed by atoms with van der Waals surface area (Å²) in [6.45, 7) is 4.98. The number of hydrogen-bond donors (Lipinski definition) is 0. The first-order valence-electron chi connectivity index (χ1n) is 8.04. The van der Waals surface area contributed by atoms with E-state index < -0.39 is 0 Å². The lowest BCUT2D eigenvalue weighted by Gasteiger charge is -2.37. The van der Waals surface area contributed by atoms with Crippen LogP contribution in [0.2, 0.25) is 0 Å². The summed E-state index contributed by atoms with van der Waals surface area (Å²) in [4.78, 5) is 18.6. The Morgan fingerprint density at radius 3 is 2.88 bits per heavy atom. The minimum atomic E-state index is -0.357. The van der Waals surface area contributed by atoms with Crippen molar-refractivity contribution in [2.75, 3.05) is 19.8 Å². The molecule has 2 atom stereocenters. The molecular weight excluding hydrogens is 310 g/mol. The summed E-state index contributed by atoms with van der Waals surface area (Å²) < 4.78 is 16.5. The number of carbonyl (C=O) groups is 1. The van der Waals surface area contributed by atoms with Crippen molar-refractivity contribution in [3.63, 3.8) is 0 Å². The number of para-hydroxylation sites is 1. The molecule has 7 nitrogen and oxygen atoms in total. The Labute approximate surface area is 140 Å². The Kier molecular flexibility index (Phi) is 5.10. The molecule has 2 heterocycles. The van der Waals surface area contributed by atoms with Gasteiger partial charge in [0.1, 0.15) is 11.8 Å². The van der Waals surface area contributed by atoms with Gasteiger partial charge in [-0.3, -0.25) is 4.79 Å². The van der Waals surface area contributed by atoms with Crippen LogP contribution in [0, 0.1) is 6.92 Å². The molecule has 1 fully saturated rings. The number of rotatable bonds is 5. The normalized spacial score (nSPS) is 20.8. The van der Waals surface area contributed by atoms with Crippen LogP contribution in [0.25, 0.3) is 0 Å². The molecule has 0 aliphatic carbocycles. The van der Waals surface area contributed by atoms with Crippen LogP contribution in [0.1, 0.15) is 31.1 Å². The van der Waals surface area contributed by atoms with Crippen LogP contribution in [-0.2, 0) is 9.53 Å². The monoisotopic (exact) mass is 331 g/mol. The first-order valence-corrected chi connectivity index (χ1v) is 8.04. The first kappa shape index (κ1) is 16.4. The van der Waals surface area contributed by atoms with Crippen LogP contribution in [-0.4, -0.2) is 46.8 Å². The molecule has 0 N–H and O–H groups in total. The summed E-state index contributed by atoms with van der Waals surface area (Å²) in [5.74, 6) is 1.70. The van der Waals surface area contributed by atoms with Crippen LogP contribution in [0.3, 0.4) is 0 Å². The van der Waals surface area contributed by atoms with Gasteiger partial charge in [0.15, 0.2) is 5.82 Å². The highest BCUT2D eigenvalue weighted by Gasteiger charge is 2.37. The van der Waals surface area contributed by atoms with E-state index in [9.17, 15) is 4.79 Å². The highest BCUT2D eigenvalue weighted by Crippen LogP contribution is 2.29. The van der Waals surface area contributed by atoms with E-state index in [4.69, 9.17) is 14.0 Å². The van der Waals surface area contributed by atoms with Gasteiger partial charge in [-0.2, -0.15) is 4.98 Å². The predicted molar refractivity (Wildman–Crippen MR) is 85.5 cm³/mol. The fourth-order valence-electron chi connectivity index (χ4n) is 2.78. The Morgan fingerprint density at radius 1 is 1.38 bits per heavy atom.